The zero-order chi connectivity index (χ0) is 24.4. The van der Waals surface area contributed by atoms with Gasteiger partial charge in [-0.2, -0.15) is 16.8 Å². The van der Waals surface area contributed by atoms with Gasteiger partial charge >= 0.3 is 0 Å². The Morgan fingerprint density at radius 2 is 1.00 bits per heavy atom. The fourth-order valence-electron chi connectivity index (χ4n) is 3.19. The van der Waals surface area contributed by atoms with E-state index in [4.69, 9.17) is 14.2 Å². The lowest BCUT2D eigenvalue weighted by Crippen LogP contribution is -2.22. The lowest BCUT2D eigenvalue weighted by Gasteiger charge is -2.22. The monoisotopic (exact) mass is 512 g/mol. The molecule has 3 rings (SSSR count). The number of methoxy groups -OCH3 is 3. The van der Waals surface area contributed by atoms with Gasteiger partial charge in [-0.25, -0.2) is 0 Å². The molecule has 0 aliphatic heterocycles. The number of hydrogen-bond donors (Lipinski definition) is 2. The van der Waals surface area contributed by atoms with E-state index in [1.807, 2.05) is 0 Å². The summed E-state index contributed by atoms with van der Waals surface area (Å²) >= 11 is 0. The summed E-state index contributed by atoms with van der Waals surface area (Å²) in [6, 6.07) is 15.6. The van der Waals surface area contributed by atoms with Crippen LogP contribution in [0.5, 0.6) is 17.2 Å². The van der Waals surface area contributed by atoms with Crippen molar-refractivity contribution in [2.75, 3.05) is 21.3 Å². The molecule has 0 radical (unpaired) electrons. The molecule has 0 heterocycles. The highest BCUT2D eigenvalue weighted by Gasteiger charge is 2.25. The van der Waals surface area contributed by atoms with Gasteiger partial charge in [-0.05, 0) is 60.2 Å². The number of hydrogen-bond acceptors (Lipinski definition) is 7. The third-order valence-corrected chi connectivity index (χ3v) is 8.85. The normalized spacial score (nSPS) is 11.9. The third-order valence-electron chi connectivity index (χ3n) is 4.70. The van der Waals surface area contributed by atoms with Gasteiger partial charge in [0.15, 0.2) is 0 Å². The van der Waals surface area contributed by atoms with Crippen LogP contribution in [0.3, 0.4) is 0 Å². The number of ether oxygens (including phenoxy) is 3. The number of benzene rings is 3. The SMILES string of the molecule is COc1ccc(P(c2ccc(OC)c(S(=O)(=O)O)c2)c2ccc(OC)c(S(=O)(=O)O)c2)cc1. The minimum Gasteiger partial charge on any atom is -0.497 e. The molecule has 0 saturated carbocycles. The quantitative estimate of drug-likeness (QED) is 0.343. The summed E-state index contributed by atoms with van der Waals surface area (Å²) in [5.41, 5.74) is 0. The van der Waals surface area contributed by atoms with Crippen molar-refractivity contribution in [3.63, 3.8) is 0 Å². The van der Waals surface area contributed by atoms with Gasteiger partial charge in [-0.3, -0.25) is 9.11 Å². The molecule has 9 nitrogen and oxygen atoms in total. The van der Waals surface area contributed by atoms with Crippen LogP contribution < -0.4 is 30.1 Å². The Hall–Kier alpha value is -2.69. The van der Waals surface area contributed by atoms with Crippen LogP contribution in [0.15, 0.2) is 70.5 Å². The average Bonchev–Trinajstić information content (AvgIpc) is 2.78. The maximum Gasteiger partial charge on any atom is 0.298 e. The van der Waals surface area contributed by atoms with Crippen molar-refractivity contribution >= 4 is 44.1 Å². The Balaban J connectivity index is 2.31. The van der Waals surface area contributed by atoms with E-state index in [0.717, 1.165) is 5.30 Å². The van der Waals surface area contributed by atoms with E-state index < -0.39 is 37.9 Å². The molecule has 0 unspecified atom stereocenters. The van der Waals surface area contributed by atoms with Crippen LogP contribution in [0.25, 0.3) is 0 Å². The molecule has 0 atom stereocenters. The first-order valence-electron chi connectivity index (χ1n) is 9.25. The second kappa shape index (κ2) is 9.66. The number of rotatable bonds is 8. The molecule has 2 N–H and O–H groups in total. The third kappa shape index (κ3) is 5.45. The fourth-order valence-corrected chi connectivity index (χ4v) is 7.03. The van der Waals surface area contributed by atoms with Gasteiger partial charge in [0.1, 0.15) is 27.0 Å². The van der Waals surface area contributed by atoms with Gasteiger partial charge in [0, 0.05) is 0 Å². The van der Waals surface area contributed by atoms with Crippen LogP contribution in [0.2, 0.25) is 0 Å². The molecular formula is C21H21O9PS2. The second-order valence-corrected chi connectivity index (χ2v) is 11.7. The van der Waals surface area contributed by atoms with Crippen molar-refractivity contribution in [2.45, 2.75) is 9.79 Å². The maximum atomic E-state index is 12.0. The van der Waals surface area contributed by atoms with Gasteiger partial charge in [0.25, 0.3) is 20.2 Å². The molecular weight excluding hydrogens is 491 g/mol. The molecule has 0 amide bonds. The van der Waals surface area contributed by atoms with Gasteiger partial charge in [-0.15, -0.1) is 0 Å². The van der Waals surface area contributed by atoms with Gasteiger partial charge in [0.05, 0.1) is 21.3 Å². The van der Waals surface area contributed by atoms with Gasteiger partial charge < -0.3 is 14.2 Å². The van der Waals surface area contributed by atoms with Crippen LogP contribution in [0.4, 0.5) is 0 Å². The summed E-state index contributed by atoms with van der Waals surface area (Å²) in [6.07, 6.45) is 0. The highest BCUT2D eigenvalue weighted by molar-refractivity contribution is 7.86. The van der Waals surface area contributed by atoms with Crippen molar-refractivity contribution in [1.29, 1.82) is 0 Å². The van der Waals surface area contributed by atoms with E-state index in [-0.39, 0.29) is 11.5 Å². The molecule has 0 aliphatic carbocycles. The van der Waals surface area contributed by atoms with Crippen LogP contribution in [0, 0.1) is 0 Å². The first kappa shape index (κ1) is 24.9. The first-order valence-corrected chi connectivity index (χ1v) is 13.5. The van der Waals surface area contributed by atoms with E-state index in [1.54, 1.807) is 36.4 Å². The van der Waals surface area contributed by atoms with Crippen LogP contribution in [-0.2, 0) is 20.2 Å². The zero-order valence-corrected chi connectivity index (χ0v) is 20.3. The molecule has 3 aromatic rings. The van der Waals surface area contributed by atoms with Crippen LogP contribution in [0.1, 0.15) is 0 Å². The topological polar surface area (TPSA) is 136 Å². The smallest absolute Gasteiger partial charge is 0.298 e. The Kier molecular flexibility index (Phi) is 7.30. The van der Waals surface area contributed by atoms with Crippen molar-refractivity contribution in [3.05, 3.63) is 60.7 Å². The highest BCUT2D eigenvalue weighted by Crippen LogP contribution is 2.37. The van der Waals surface area contributed by atoms with E-state index in [1.165, 1.54) is 45.6 Å². The summed E-state index contributed by atoms with van der Waals surface area (Å²) in [5.74, 6) is 0.508. The molecule has 0 fully saturated rings. The standard InChI is InChI=1S/C21H21O9PS2/c1-28-14-4-6-15(7-5-14)31(16-8-10-18(29-2)20(12-16)32(22,23)24)17-9-11-19(30-3)21(13-17)33(25,26)27/h4-13H,1-3H3,(H,22,23,24)(H,25,26,27). The zero-order valence-electron chi connectivity index (χ0n) is 17.8. The second-order valence-electron chi connectivity index (χ2n) is 6.65. The summed E-state index contributed by atoms with van der Waals surface area (Å²) in [7, 11) is -6.69. The summed E-state index contributed by atoms with van der Waals surface area (Å²) < 4.78 is 82.5. The predicted molar refractivity (Wildman–Crippen MR) is 124 cm³/mol. The Morgan fingerprint density at radius 1 is 0.606 bits per heavy atom. The van der Waals surface area contributed by atoms with Crippen LogP contribution >= 0.6 is 7.92 Å². The average molecular weight is 512 g/mol. The molecule has 0 spiro atoms. The highest BCUT2D eigenvalue weighted by atomic mass is 32.2. The molecule has 3 aromatic carbocycles. The minimum absolute atomic E-state index is 0.0423. The van der Waals surface area contributed by atoms with Crippen molar-refractivity contribution in [3.8, 4) is 17.2 Å². The van der Waals surface area contributed by atoms with Crippen LogP contribution in [-0.4, -0.2) is 47.3 Å². The minimum atomic E-state index is -4.61. The molecule has 176 valence electrons. The van der Waals surface area contributed by atoms with E-state index >= 15 is 0 Å². The Morgan fingerprint density at radius 3 is 1.33 bits per heavy atom. The molecule has 0 saturated heterocycles. The largest absolute Gasteiger partial charge is 0.497 e. The maximum absolute atomic E-state index is 12.0. The Labute approximate surface area is 193 Å². The fraction of sp³-hybridized carbons (Fsp3) is 0.143. The molecule has 0 aromatic heterocycles. The summed E-state index contributed by atoms with van der Waals surface area (Å²) in [5, 5.41) is 1.69. The first-order chi connectivity index (χ1) is 15.5. The van der Waals surface area contributed by atoms with Crippen molar-refractivity contribution in [2.24, 2.45) is 0 Å². The van der Waals surface area contributed by atoms with Crippen molar-refractivity contribution < 1.29 is 40.2 Å². The predicted octanol–water partition coefficient (Wildman–Crippen LogP) is 1.96. The van der Waals surface area contributed by atoms with Gasteiger partial charge in [-0.1, -0.05) is 24.3 Å². The summed E-state index contributed by atoms with van der Waals surface area (Å²) in [4.78, 5) is -0.848. The molecule has 12 heteroatoms. The molecule has 0 bridgehead atoms. The summed E-state index contributed by atoms with van der Waals surface area (Å²) in [6.45, 7) is 0. The lowest BCUT2D eigenvalue weighted by molar-refractivity contribution is 0.397. The van der Waals surface area contributed by atoms with E-state index in [0.29, 0.717) is 16.4 Å². The van der Waals surface area contributed by atoms with E-state index in [2.05, 4.69) is 0 Å². The van der Waals surface area contributed by atoms with Gasteiger partial charge in [0.2, 0.25) is 0 Å². The lowest BCUT2D eigenvalue weighted by atomic mass is 10.3. The Bertz CT molecular complexity index is 1290. The van der Waals surface area contributed by atoms with Crippen molar-refractivity contribution in [1.82, 2.24) is 0 Å². The molecule has 0 aliphatic rings. The van der Waals surface area contributed by atoms with E-state index in [9.17, 15) is 25.9 Å². The molecule has 33 heavy (non-hydrogen) atoms.